The van der Waals surface area contributed by atoms with Crippen molar-refractivity contribution >= 4 is 16.5 Å². The summed E-state index contributed by atoms with van der Waals surface area (Å²) in [6, 6.07) is 0.664. The van der Waals surface area contributed by atoms with Crippen LogP contribution in [0.15, 0.2) is 5.38 Å². The molecular formula is C19H32N2S. The van der Waals surface area contributed by atoms with E-state index in [9.17, 15) is 0 Å². The van der Waals surface area contributed by atoms with Gasteiger partial charge in [-0.3, -0.25) is 0 Å². The van der Waals surface area contributed by atoms with Gasteiger partial charge in [0.25, 0.3) is 0 Å². The average molecular weight is 321 g/mol. The zero-order valence-electron chi connectivity index (χ0n) is 14.0. The lowest BCUT2D eigenvalue weighted by atomic mass is 9.89. The number of hydrogen-bond donors (Lipinski definition) is 1. The number of rotatable bonds is 3. The van der Waals surface area contributed by atoms with Crippen LogP contribution < -0.4 is 5.32 Å². The van der Waals surface area contributed by atoms with Gasteiger partial charge >= 0.3 is 0 Å². The molecule has 2 aliphatic carbocycles. The Bertz CT molecular complexity index is 413. The number of anilines is 1. The maximum Gasteiger partial charge on any atom is 0.183 e. The molecule has 2 nitrogen and oxygen atoms in total. The van der Waals surface area contributed by atoms with Crippen molar-refractivity contribution in [2.75, 3.05) is 5.32 Å². The third-order valence-electron chi connectivity index (χ3n) is 5.48. The fourth-order valence-electron chi connectivity index (χ4n) is 4.07. The van der Waals surface area contributed by atoms with Gasteiger partial charge in [-0.05, 0) is 25.7 Å². The molecule has 22 heavy (non-hydrogen) atoms. The highest BCUT2D eigenvalue weighted by Gasteiger charge is 2.18. The molecule has 1 aromatic rings. The summed E-state index contributed by atoms with van der Waals surface area (Å²) in [4.78, 5) is 4.96. The van der Waals surface area contributed by atoms with Crippen LogP contribution in [0, 0.1) is 0 Å². The van der Waals surface area contributed by atoms with E-state index in [1.54, 1.807) is 0 Å². The highest BCUT2D eigenvalue weighted by molar-refractivity contribution is 7.13. The van der Waals surface area contributed by atoms with E-state index in [-0.39, 0.29) is 0 Å². The quantitative estimate of drug-likeness (QED) is 0.688. The van der Waals surface area contributed by atoms with Gasteiger partial charge in [0, 0.05) is 17.3 Å². The predicted octanol–water partition coefficient (Wildman–Crippen LogP) is 6.50. The lowest BCUT2D eigenvalue weighted by Gasteiger charge is -2.20. The van der Waals surface area contributed by atoms with Crippen LogP contribution in [-0.2, 0) is 0 Å². The number of thiazole rings is 1. The van der Waals surface area contributed by atoms with Crippen molar-refractivity contribution in [3.8, 4) is 0 Å². The first kappa shape index (κ1) is 16.3. The van der Waals surface area contributed by atoms with Crippen LogP contribution in [0.3, 0.4) is 0 Å². The minimum atomic E-state index is 0.664. The van der Waals surface area contributed by atoms with Crippen molar-refractivity contribution in [2.45, 2.75) is 102 Å². The van der Waals surface area contributed by atoms with Crippen molar-refractivity contribution in [1.82, 2.24) is 4.98 Å². The van der Waals surface area contributed by atoms with Crippen LogP contribution in [0.2, 0.25) is 0 Å². The number of nitrogens with zero attached hydrogens (tertiary/aromatic N) is 1. The van der Waals surface area contributed by atoms with E-state index in [2.05, 4.69) is 10.7 Å². The molecule has 2 saturated carbocycles. The first-order chi connectivity index (χ1) is 10.9. The first-order valence-electron chi connectivity index (χ1n) is 9.64. The molecule has 0 atom stereocenters. The van der Waals surface area contributed by atoms with E-state index in [1.807, 2.05) is 11.3 Å². The molecular weight excluding hydrogens is 288 g/mol. The zero-order valence-corrected chi connectivity index (χ0v) is 14.8. The summed E-state index contributed by atoms with van der Waals surface area (Å²) in [5.74, 6) is 0.726. The van der Waals surface area contributed by atoms with Crippen molar-refractivity contribution < 1.29 is 0 Å². The summed E-state index contributed by atoms with van der Waals surface area (Å²) in [6.45, 7) is 0. The largest absolute Gasteiger partial charge is 0.359 e. The second-order valence-electron chi connectivity index (χ2n) is 7.31. The van der Waals surface area contributed by atoms with E-state index < -0.39 is 0 Å². The molecule has 0 unspecified atom stereocenters. The molecule has 0 radical (unpaired) electrons. The lowest BCUT2D eigenvalue weighted by molar-refractivity contribution is 0.450. The van der Waals surface area contributed by atoms with Gasteiger partial charge in [0.1, 0.15) is 0 Å². The monoisotopic (exact) mass is 320 g/mol. The Morgan fingerprint density at radius 3 is 1.95 bits per heavy atom. The fraction of sp³-hybridized carbons (Fsp3) is 0.842. The van der Waals surface area contributed by atoms with Gasteiger partial charge in [0.2, 0.25) is 0 Å². The van der Waals surface area contributed by atoms with Crippen LogP contribution >= 0.6 is 11.3 Å². The Balaban J connectivity index is 1.55. The van der Waals surface area contributed by atoms with Gasteiger partial charge in [-0.1, -0.05) is 64.2 Å². The number of nitrogens with one attached hydrogen (secondary N) is 1. The summed E-state index contributed by atoms with van der Waals surface area (Å²) < 4.78 is 0. The molecule has 2 aliphatic rings. The molecule has 124 valence electrons. The minimum absolute atomic E-state index is 0.664. The Morgan fingerprint density at radius 1 is 0.773 bits per heavy atom. The van der Waals surface area contributed by atoms with Crippen molar-refractivity contribution in [2.24, 2.45) is 0 Å². The maximum atomic E-state index is 4.96. The van der Waals surface area contributed by atoms with Gasteiger partial charge in [0.05, 0.1) is 5.69 Å². The zero-order chi connectivity index (χ0) is 15.0. The Kier molecular flexibility index (Phi) is 6.60. The molecule has 3 heteroatoms. The van der Waals surface area contributed by atoms with Crippen molar-refractivity contribution in [1.29, 1.82) is 0 Å². The standard InChI is InChI=1S/C19H32N2S/c1-3-7-11-16(12-8-4-1)18-15-22-19(21-18)20-17-13-9-5-2-6-10-14-17/h15-17H,1-14H2,(H,20,21). The fourth-order valence-corrected chi connectivity index (χ4v) is 4.94. The van der Waals surface area contributed by atoms with E-state index >= 15 is 0 Å². The van der Waals surface area contributed by atoms with Crippen molar-refractivity contribution in [3.63, 3.8) is 0 Å². The Labute approximate surface area is 140 Å². The highest BCUT2D eigenvalue weighted by Crippen LogP contribution is 2.33. The Hall–Kier alpha value is -0.570. The summed E-state index contributed by atoms with van der Waals surface area (Å²) in [5.41, 5.74) is 1.38. The molecule has 0 aliphatic heterocycles. The molecule has 0 saturated heterocycles. The van der Waals surface area contributed by atoms with Crippen LogP contribution in [0.25, 0.3) is 0 Å². The molecule has 2 fully saturated rings. The third-order valence-corrected chi connectivity index (χ3v) is 6.27. The molecule has 1 heterocycles. The summed E-state index contributed by atoms with van der Waals surface area (Å²) >= 11 is 1.84. The molecule has 0 bridgehead atoms. The van der Waals surface area contributed by atoms with Crippen molar-refractivity contribution in [3.05, 3.63) is 11.1 Å². The molecule has 1 N–H and O–H groups in total. The molecule has 1 aromatic heterocycles. The molecule has 3 rings (SSSR count). The predicted molar refractivity (Wildman–Crippen MR) is 96.9 cm³/mol. The third kappa shape index (κ3) is 4.97. The van der Waals surface area contributed by atoms with Gasteiger partial charge in [-0.15, -0.1) is 11.3 Å². The molecule has 0 aromatic carbocycles. The van der Waals surface area contributed by atoms with E-state index in [4.69, 9.17) is 4.98 Å². The average Bonchev–Trinajstić information content (AvgIpc) is 2.90. The first-order valence-corrected chi connectivity index (χ1v) is 10.5. The highest BCUT2D eigenvalue weighted by atomic mass is 32.1. The van der Waals surface area contributed by atoms with Gasteiger partial charge < -0.3 is 5.32 Å². The number of hydrogen-bond acceptors (Lipinski definition) is 3. The molecule has 0 spiro atoms. The van der Waals surface area contributed by atoms with Gasteiger partial charge in [-0.2, -0.15) is 0 Å². The minimum Gasteiger partial charge on any atom is -0.359 e. The van der Waals surface area contributed by atoms with Crippen LogP contribution in [0.1, 0.15) is 102 Å². The van der Waals surface area contributed by atoms with Crippen LogP contribution in [0.4, 0.5) is 5.13 Å². The smallest absolute Gasteiger partial charge is 0.183 e. The normalized spacial score (nSPS) is 23.3. The van der Waals surface area contributed by atoms with Crippen LogP contribution in [0.5, 0.6) is 0 Å². The Morgan fingerprint density at radius 2 is 1.32 bits per heavy atom. The lowest BCUT2D eigenvalue weighted by Crippen LogP contribution is -2.20. The second-order valence-corrected chi connectivity index (χ2v) is 8.16. The van der Waals surface area contributed by atoms with E-state index in [0.29, 0.717) is 6.04 Å². The molecule has 0 amide bonds. The maximum absolute atomic E-state index is 4.96. The van der Waals surface area contributed by atoms with E-state index in [1.165, 1.54) is 101 Å². The SMILES string of the molecule is c1sc(NC2CCCCCCC2)nc1C1CCCCCCC1. The van der Waals surface area contributed by atoms with Crippen LogP contribution in [-0.4, -0.2) is 11.0 Å². The second kappa shape index (κ2) is 8.90. The summed E-state index contributed by atoms with van der Waals surface area (Å²) in [6.07, 6.45) is 19.5. The number of aromatic nitrogens is 1. The topological polar surface area (TPSA) is 24.9 Å². The van der Waals surface area contributed by atoms with Gasteiger partial charge in [-0.25, -0.2) is 4.98 Å². The van der Waals surface area contributed by atoms with E-state index in [0.717, 1.165) is 5.92 Å². The summed E-state index contributed by atoms with van der Waals surface area (Å²) in [5, 5.41) is 7.26. The summed E-state index contributed by atoms with van der Waals surface area (Å²) in [7, 11) is 0. The van der Waals surface area contributed by atoms with Gasteiger partial charge in [0.15, 0.2) is 5.13 Å².